The van der Waals surface area contributed by atoms with Crippen molar-refractivity contribution in [3.63, 3.8) is 0 Å². The van der Waals surface area contributed by atoms with Gasteiger partial charge in [-0.1, -0.05) is 6.42 Å². The third kappa shape index (κ3) is 3.96. The van der Waals surface area contributed by atoms with Crippen LogP contribution in [0, 0.1) is 11.8 Å². The average molecular weight is 459 g/mol. The Labute approximate surface area is 200 Å². The molecule has 7 nitrogen and oxygen atoms in total. The molecule has 3 aromatic rings. The van der Waals surface area contributed by atoms with Crippen LogP contribution < -0.4 is 15.9 Å². The first-order chi connectivity index (χ1) is 16.5. The fraction of sp³-hybridized carbons (Fsp3) is 0.519. The van der Waals surface area contributed by atoms with E-state index in [2.05, 4.69) is 63.4 Å². The van der Waals surface area contributed by atoms with Crippen LogP contribution >= 0.6 is 0 Å². The second-order valence-corrected chi connectivity index (χ2v) is 10.6. The van der Waals surface area contributed by atoms with Crippen LogP contribution in [0.15, 0.2) is 47.5 Å². The molecule has 1 saturated heterocycles. The number of piperidine rings is 1. The number of aromatic nitrogens is 3. The second-order valence-electron chi connectivity index (χ2n) is 10.6. The molecule has 7 heteroatoms. The monoisotopic (exact) mass is 458 g/mol. The number of nitrogens with zero attached hydrogens (tertiary/aromatic N) is 5. The zero-order valence-electron chi connectivity index (χ0n) is 20.2. The van der Waals surface area contributed by atoms with E-state index in [9.17, 15) is 4.79 Å². The number of rotatable bonds is 5. The zero-order chi connectivity index (χ0) is 23.2. The van der Waals surface area contributed by atoms with Crippen molar-refractivity contribution in [2.24, 2.45) is 11.8 Å². The van der Waals surface area contributed by atoms with Gasteiger partial charge in [-0.3, -0.25) is 4.57 Å². The number of hydrogen-bond acceptors (Lipinski definition) is 6. The van der Waals surface area contributed by atoms with Crippen molar-refractivity contribution in [1.29, 1.82) is 0 Å². The maximum Gasteiger partial charge on any atom is 0.348 e. The summed E-state index contributed by atoms with van der Waals surface area (Å²) >= 11 is 0. The van der Waals surface area contributed by atoms with E-state index in [0.29, 0.717) is 12.0 Å². The van der Waals surface area contributed by atoms with Gasteiger partial charge in [0.2, 0.25) is 0 Å². The fourth-order valence-corrected chi connectivity index (χ4v) is 6.51. The van der Waals surface area contributed by atoms with Gasteiger partial charge in [-0.05, 0) is 82.3 Å². The van der Waals surface area contributed by atoms with Crippen LogP contribution in [0.5, 0.6) is 0 Å². The third-order valence-corrected chi connectivity index (χ3v) is 8.42. The number of hydrogen-bond donors (Lipinski definition) is 1. The highest BCUT2D eigenvalue weighted by atomic mass is 16.1. The van der Waals surface area contributed by atoms with Crippen molar-refractivity contribution in [2.45, 2.75) is 50.6 Å². The molecule has 2 bridgehead atoms. The number of benzene rings is 1. The molecule has 3 atom stereocenters. The summed E-state index contributed by atoms with van der Waals surface area (Å²) in [5.41, 5.74) is 3.08. The molecule has 1 N–H and O–H groups in total. The number of anilines is 3. The molecule has 3 unspecified atom stereocenters. The van der Waals surface area contributed by atoms with E-state index in [1.165, 1.54) is 37.8 Å². The Hall–Kier alpha value is -2.93. The van der Waals surface area contributed by atoms with Crippen molar-refractivity contribution in [2.75, 3.05) is 37.4 Å². The van der Waals surface area contributed by atoms with E-state index in [1.807, 2.05) is 16.8 Å². The summed E-state index contributed by atoms with van der Waals surface area (Å²) in [5.74, 6) is 2.13. The minimum absolute atomic E-state index is 0.135. The maximum atomic E-state index is 12.8. The van der Waals surface area contributed by atoms with Gasteiger partial charge in [0, 0.05) is 60.4 Å². The van der Waals surface area contributed by atoms with Crippen LogP contribution in [-0.4, -0.2) is 52.7 Å². The van der Waals surface area contributed by atoms with E-state index < -0.39 is 0 Å². The first kappa shape index (κ1) is 21.6. The summed E-state index contributed by atoms with van der Waals surface area (Å²) in [7, 11) is 4.35. The van der Waals surface area contributed by atoms with E-state index in [-0.39, 0.29) is 11.7 Å². The van der Waals surface area contributed by atoms with Gasteiger partial charge in [-0.15, -0.1) is 0 Å². The molecule has 34 heavy (non-hydrogen) atoms. The quantitative estimate of drug-likeness (QED) is 0.610. The summed E-state index contributed by atoms with van der Waals surface area (Å²) in [4.78, 5) is 26.4. The highest BCUT2D eigenvalue weighted by Gasteiger charge is 2.41. The van der Waals surface area contributed by atoms with Crippen LogP contribution in [0.25, 0.3) is 10.9 Å². The Bertz CT molecular complexity index is 1230. The molecule has 0 amide bonds. The third-order valence-electron chi connectivity index (χ3n) is 8.42. The highest BCUT2D eigenvalue weighted by molar-refractivity contribution is 5.80. The molecule has 1 aliphatic heterocycles. The topological polar surface area (TPSA) is 66.3 Å². The van der Waals surface area contributed by atoms with Gasteiger partial charge in [-0.2, -0.15) is 0 Å². The smallest absolute Gasteiger partial charge is 0.348 e. The summed E-state index contributed by atoms with van der Waals surface area (Å²) < 4.78 is 1.95. The number of pyridine rings is 1. The number of nitrogens with one attached hydrogen (secondary N) is 1. The van der Waals surface area contributed by atoms with Gasteiger partial charge in [0.05, 0.1) is 5.52 Å². The number of fused-ring (bicyclic) bond motifs is 3. The molecule has 3 aliphatic rings. The Kier molecular flexibility index (Phi) is 5.52. The van der Waals surface area contributed by atoms with Crippen LogP contribution in [0.4, 0.5) is 17.2 Å². The summed E-state index contributed by atoms with van der Waals surface area (Å²) in [6.45, 7) is 2.19. The van der Waals surface area contributed by atoms with Crippen LogP contribution in [0.2, 0.25) is 0 Å². The zero-order valence-corrected chi connectivity index (χ0v) is 20.2. The lowest BCUT2D eigenvalue weighted by atomic mass is 9.95. The fourth-order valence-electron chi connectivity index (χ4n) is 6.51. The van der Waals surface area contributed by atoms with Crippen molar-refractivity contribution >= 4 is 28.1 Å². The van der Waals surface area contributed by atoms with Gasteiger partial charge in [0.1, 0.15) is 5.82 Å². The Morgan fingerprint density at radius 3 is 2.41 bits per heavy atom. The molecule has 3 heterocycles. The van der Waals surface area contributed by atoms with Gasteiger partial charge < -0.3 is 15.1 Å². The van der Waals surface area contributed by atoms with Crippen LogP contribution in [-0.2, 0) is 0 Å². The predicted octanol–water partition coefficient (Wildman–Crippen LogP) is 4.43. The van der Waals surface area contributed by atoms with Crippen molar-refractivity contribution in [1.82, 2.24) is 19.4 Å². The summed E-state index contributed by atoms with van der Waals surface area (Å²) in [6, 6.07) is 11.6. The first-order valence-electron chi connectivity index (χ1n) is 12.7. The molecule has 0 spiro atoms. The standard InChI is InChI=1S/C27H34N6O/c1-31(2)22-9-11-32(12-10-22)23-7-5-21(6-8-23)30-26-15-25-20(16-28-26)17-29-27(34)33(25)24-14-18-3-4-19(24)13-18/h5-8,15-19,22,24H,3-4,9-14H2,1-2H3,(H,28,30). The molecule has 2 saturated carbocycles. The predicted molar refractivity (Wildman–Crippen MR) is 137 cm³/mol. The first-order valence-corrected chi connectivity index (χ1v) is 12.7. The van der Waals surface area contributed by atoms with Gasteiger partial charge in [-0.25, -0.2) is 14.8 Å². The largest absolute Gasteiger partial charge is 0.371 e. The lowest BCUT2D eigenvalue weighted by Crippen LogP contribution is -2.41. The average Bonchev–Trinajstić information content (AvgIpc) is 3.48. The molecule has 6 rings (SSSR count). The lowest BCUT2D eigenvalue weighted by Gasteiger charge is -2.36. The minimum Gasteiger partial charge on any atom is -0.371 e. The van der Waals surface area contributed by atoms with Crippen molar-refractivity contribution < 1.29 is 0 Å². The van der Waals surface area contributed by atoms with Crippen molar-refractivity contribution in [3.8, 4) is 0 Å². The molecular formula is C27H34N6O. The Morgan fingerprint density at radius 1 is 0.971 bits per heavy atom. The second kappa shape index (κ2) is 8.69. The lowest BCUT2D eigenvalue weighted by molar-refractivity contribution is 0.249. The van der Waals surface area contributed by atoms with E-state index in [4.69, 9.17) is 0 Å². The highest BCUT2D eigenvalue weighted by Crippen LogP contribution is 2.50. The van der Waals surface area contributed by atoms with Crippen molar-refractivity contribution in [3.05, 3.63) is 53.2 Å². The summed E-state index contributed by atoms with van der Waals surface area (Å²) in [5, 5.41) is 4.37. The minimum atomic E-state index is -0.135. The van der Waals surface area contributed by atoms with Gasteiger partial charge in [0.15, 0.2) is 0 Å². The van der Waals surface area contributed by atoms with Gasteiger partial charge in [0.25, 0.3) is 0 Å². The molecular weight excluding hydrogens is 424 g/mol. The van der Waals surface area contributed by atoms with Crippen LogP contribution in [0.3, 0.4) is 0 Å². The molecule has 0 radical (unpaired) electrons. The normalized spacial score (nSPS) is 24.9. The maximum absolute atomic E-state index is 12.8. The van der Waals surface area contributed by atoms with E-state index in [1.54, 1.807) is 6.20 Å². The SMILES string of the molecule is CN(C)C1CCN(c2ccc(Nc3cc4c(cn3)cnc(=O)n4C3CC4CCC3C4)cc2)CC1. The van der Waals surface area contributed by atoms with E-state index >= 15 is 0 Å². The Morgan fingerprint density at radius 2 is 1.74 bits per heavy atom. The molecule has 3 fully saturated rings. The van der Waals surface area contributed by atoms with Crippen LogP contribution in [0.1, 0.15) is 44.6 Å². The van der Waals surface area contributed by atoms with E-state index in [0.717, 1.165) is 47.8 Å². The molecule has 2 aromatic heterocycles. The molecule has 1 aromatic carbocycles. The molecule has 2 aliphatic carbocycles. The van der Waals surface area contributed by atoms with Gasteiger partial charge >= 0.3 is 5.69 Å². The summed E-state index contributed by atoms with van der Waals surface area (Å²) in [6.07, 6.45) is 10.8. The molecule has 178 valence electrons. The Balaban J connectivity index is 1.21.